The zero-order chi connectivity index (χ0) is 59.0. The number of hydrogen-bond donors (Lipinski definition) is 0. The lowest BCUT2D eigenvalue weighted by Crippen LogP contribution is -2.14. The van der Waals surface area contributed by atoms with Gasteiger partial charge in [-0.3, -0.25) is 0 Å². The highest BCUT2D eigenvalue weighted by Gasteiger charge is 2.40. The highest BCUT2D eigenvalue weighted by molar-refractivity contribution is 7.21. The van der Waals surface area contributed by atoms with E-state index < -0.39 is 0 Å². The highest BCUT2D eigenvalue weighted by Crippen LogP contribution is 2.58. The lowest BCUT2D eigenvalue weighted by atomic mass is 9.82. The van der Waals surface area contributed by atoms with Crippen molar-refractivity contribution in [1.29, 1.82) is 0 Å². The van der Waals surface area contributed by atoms with Gasteiger partial charge in [-0.1, -0.05) is 222 Å². The average molecular weight is 1160 g/mol. The van der Waals surface area contributed by atoms with Crippen LogP contribution in [0.4, 0.5) is 0 Å². The van der Waals surface area contributed by atoms with Gasteiger partial charge in [0.05, 0.1) is 20.8 Å². The molecule has 0 amide bonds. The van der Waals surface area contributed by atoms with Gasteiger partial charge in [0.25, 0.3) is 0 Å². The molecule has 0 saturated heterocycles. The molecule has 5 heteroatoms. The largest absolute Gasteiger partial charge is 0.457 e. The first-order chi connectivity index (χ1) is 43.6. The van der Waals surface area contributed by atoms with Crippen molar-refractivity contribution in [2.24, 2.45) is 0 Å². The molecule has 0 atom stereocenters. The van der Waals surface area contributed by atoms with Crippen LogP contribution in [-0.2, 0) is 10.8 Å². The van der Waals surface area contributed by atoms with Gasteiger partial charge in [-0.05, 0) is 181 Å². The summed E-state index contributed by atoms with van der Waals surface area (Å²) < 4.78 is 14.1. The van der Waals surface area contributed by atoms with Crippen LogP contribution in [0, 0.1) is 0 Å². The molecule has 4 nitrogen and oxygen atoms in total. The summed E-state index contributed by atoms with van der Waals surface area (Å²) >= 11 is 1.83. The molecule has 2 aliphatic rings. The summed E-state index contributed by atoms with van der Waals surface area (Å²) in [5.41, 5.74) is 15.9. The Hall–Kier alpha value is -10.7. The number of nitrogens with zero attached hydrogens (tertiary/aromatic N) is 2. The Kier molecular flexibility index (Phi) is 10.4. The number of benzene rings is 15. The number of fused-ring (bicyclic) bond motifs is 25. The van der Waals surface area contributed by atoms with Crippen molar-refractivity contribution in [2.45, 2.75) is 38.5 Å². The standard InChI is InChI=1S/C84H54N2O2S/c1-83(2)71-31-15-13-27-63(71)75-65(29-17-33-73(75)83)81-79-80(82(89-81)66-30-18-34-74-76(66)64-28-14-16-32-72(64)84(74,3)4)86-78-62-42-38-50(88-48-36-40-60-56-24-8-6-20-52(56)54-22-10-12-26-58(54)68(60)44-48)46-70(62)69-45-49(37-41-61(69)77(78)85-79)87-47-35-39-59-55-23-7-5-19-51(55)53-21-9-11-25-57(53)67(59)43-47/h5-46H,1-4H3. The summed E-state index contributed by atoms with van der Waals surface area (Å²) in [6.45, 7) is 9.44. The van der Waals surface area contributed by atoms with E-state index in [1.807, 2.05) is 11.3 Å². The zero-order valence-electron chi connectivity index (χ0n) is 49.4. The van der Waals surface area contributed by atoms with E-state index in [1.54, 1.807) is 0 Å². The molecule has 89 heavy (non-hydrogen) atoms. The second-order valence-electron chi connectivity index (χ2n) is 25.4. The van der Waals surface area contributed by atoms with Crippen molar-refractivity contribution in [2.75, 3.05) is 0 Å². The van der Waals surface area contributed by atoms with Gasteiger partial charge in [0.2, 0.25) is 0 Å². The fourth-order valence-electron chi connectivity index (χ4n) is 15.8. The monoisotopic (exact) mass is 1150 g/mol. The predicted molar refractivity (Wildman–Crippen MR) is 374 cm³/mol. The number of aromatic nitrogens is 2. The Morgan fingerprint density at radius 1 is 0.247 bits per heavy atom. The third-order valence-corrected chi connectivity index (χ3v) is 21.2. The Morgan fingerprint density at radius 2 is 0.517 bits per heavy atom. The molecular formula is C84H54N2O2S. The summed E-state index contributed by atoms with van der Waals surface area (Å²) in [6, 6.07) is 92.5. The topological polar surface area (TPSA) is 44.2 Å². The smallest absolute Gasteiger partial charge is 0.128 e. The SMILES string of the molecule is CC1(C)c2ccccc2-c2c(-c3sc(-c4cccc5c4-c4ccccc4C5(C)C)c4nc5c6ccc(Oc7ccc8c9ccccc9c9ccccc9c8c7)cc6c6cc(Oc7ccc8c9ccccc9c9ccccc9c8c7)ccc6c5nc34)cccc21. The maximum absolute atomic E-state index is 7.05. The summed E-state index contributed by atoms with van der Waals surface area (Å²) in [5.74, 6) is 2.96. The van der Waals surface area contributed by atoms with E-state index >= 15 is 0 Å². The molecule has 0 bridgehead atoms. The Bertz CT molecular complexity index is 5570. The molecule has 0 aliphatic heterocycles. The van der Waals surface area contributed by atoms with Gasteiger partial charge >= 0.3 is 0 Å². The predicted octanol–water partition coefficient (Wildman–Crippen LogP) is 23.6. The highest BCUT2D eigenvalue weighted by atomic mass is 32.1. The average Bonchev–Trinajstić information content (AvgIpc) is 1.71. The third kappa shape index (κ3) is 7.16. The summed E-state index contributed by atoms with van der Waals surface area (Å²) in [6.07, 6.45) is 0. The fourth-order valence-corrected chi connectivity index (χ4v) is 17.0. The quantitative estimate of drug-likeness (QED) is 0.156. The molecule has 0 fully saturated rings. The number of rotatable bonds is 6. The molecule has 0 N–H and O–H groups in total. The van der Waals surface area contributed by atoms with Crippen molar-refractivity contribution < 1.29 is 9.47 Å². The van der Waals surface area contributed by atoms with Gasteiger partial charge in [0.15, 0.2) is 0 Å². The molecule has 0 unspecified atom stereocenters. The Balaban J connectivity index is 0.857. The van der Waals surface area contributed by atoms with Crippen LogP contribution in [0.25, 0.3) is 151 Å². The molecule has 2 aliphatic carbocycles. The molecule has 418 valence electrons. The van der Waals surface area contributed by atoms with Crippen molar-refractivity contribution in [3.63, 3.8) is 0 Å². The summed E-state index contributed by atoms with van der Waals surface area (Å²) in [5, 5.41) is 18.4. The summed E-state index contributed by atoms with van der Waals surface area (Å²) in [7, 11) is 0. The normalized spacial score (nSPS) is 13.8. The van der Waals surface area contributed by atoms with Crippen LogP contribution in [0.5, 0.6) is 23.0 Å². The minimum absolute atomic E-state index is 0.185. The maximum Gasteiger partial charge on any atom is 0.128 e. The van der Waals surface area contributed by atoms with Crippen molar-refractivity contribution in [3.8, 4) is 66.1 Å². The van der Waals surface area contributed by atoms with E-state index in [0.717, 1.165) is 87.1 Å². The molecule has 2 aromatic heterocycles. The van der Waals surface area contributed by atoms with E-state index in [4.69, 9.17) is 19.4 Å². The third-order valence-electron chi connectivity index (χ3n) is 19.9. The molecule has 17 aromatic rings. The lowest BCUT2D eigenvalue weighted by Gasteiger charge is -2.21. The number of hydrogen-bond acceptors (Lipinski definition) is 5. The first-order valence-corrected chi connectivity index (χ1v) is 31.6. The van der Waals surface area contributed by atoms with Gasteiger partial charge in [0.1, 0.15) is 34.0 Å². The maximum atomic E-state index is 7.05. The van der Waals surface area contributed by atoms with Crippen LogP contribution in [0.15, 0.2) is 255 Å². The van der Waals surface area contributed by atoms with E-state index in [-0.39, 0.29) is 10.8 Å². The number of ether oxygens (including phenoxy) is 2. The minimum atomic E-state index is -0.185. The van der Waals surface area contributed by atoms with Crippen molar-refractivity contribution in [3.05, 3.63) is 277 Å². The van der Waals surface area contributed by atoms with Crippen LogP contribution >= 0.6 is 11.3 Å². The summed E-state index contributed by atoms with van der Waals surface area (Å²) in [4.78, 5) is 14.2. The Morgan fingerprint density at radius 3 is 0.876 bits per heavy atom. The van der Waals surface area contributed by atoms with E-state index in [1.165, 1.54) is 109 Å². The van der Waals surface area contributed by atoms with Gasteiger partial charge in [-0.2, -0.15) is 0 Å². The van der Waals surface area contributed by atoms with Gasteiger partial charge in [-0.25, -0.2) is 9.97 Å². The van der Waals surface area contributed by atoms with Gasteiger partial charge in [0, 0.05) is 32.7 Å². The fraction of sp³-hybridized carbons (Fsp3) is 0.0714. The second kappa shape index (κ2) is 18.4. The van der Waals surface area contributed by atoms with E-state index in [9.17, 15) is 0 Å². The second-order valence-corrected chi connectivity index (χ2v) is 26.4. The van der Waals surface area contributed by atoms with Crippen LogP contribution in [0.1, 0.15) is 49.9 Å². The first kappa shape index (κ1) is 50.4. The molecule has 19 rings (SSSR count). The van der Waals surface area contributed by atoms with Crippen LogP contribution < -0.4 is 9.47 Å². The van der Waals surface area contributed by atoms with Crippen LogP contribution in [-0.4, -0.2) is 9.97 Å². The lowest BCUT2D eigenvalue weighted by molar-refractivity contribution is 0.483. The molecule has 2 heterocycles. The molecule has 0 spiro atoms. The zero-order valence-corrected chi connectivity index (χ0v) is 50.2. The molecular weight excluding hydrogens is 1100 g/mol. The molecule has 15 aromatic carbocycles. The van der Waals surface area contributed by atoms with Crippen LogP contribution in [0.3, 0.4) is 0 Å². The number of thiophene rings is 1. The molecule has 0 radical (unpaired) electrons. The van der Waals surface area contributed by atoms with Gasteiger partial charge in [-0.15, -0.1) is 11.3 Å². The Labute approximate surface area is 517 Å². The van der Waals surface area contributed by atoms with Crippen molar-refractivity contribution in [1.82, 2.24) is 9.97 Å². The van der Waals surface area contributed by atoms with Crippen LogP contribution in [0.2, 0.25) is 0 Å². The minimum Gasteiger partial charge on any atom is -0.457 e. The first-order valence-electron chi connectivity index (χ1n) is 30.8. The van der Waals surface area contributed by atoms with E-state index in [0.29, 0.717) is 0 Å². The van der Waals surface area contributed by atoms with Gasteiger partial charge < -0.3 is 9.47 Å². The van der Waals surface area contributed by atoms with Crippen molar-refractivity contribution >= 4 is 120 Å². The van der Waals surface area contributed by atoms with E-state index in [2.05, 4.69) is 282 Å². The molecule has 0 saturated carbocycles.